The van der Waals surface area contributed by atoms with E-state index in [1.807, 2.05) is 0 Å². The van der Waals surface area contributed by atoms with Crippen LogP contribution in [-0.2, 0) is 17.5 Å². The van der Waals surface area contributed by atoms with Gasteiger partial charge in [0.1, 0.15) is 0 Å². The molecule has 212 valence electrons. The van der Waals surface area contributed by atoms with E-state index in [-0.39, 0.29) is 36.7 Å². The van der Waals surface area contributed by atoms with Gasteiger partial charge in [-0.15, -0.1) is 0 Å². The van der Waals surface area contributed by atoms with Crippen LogP contribution in [0.5, 0.6) is 0 Å². The number of benzene rings is 2. The Morgan fingerprint density at radius 3 is 2.13 bits per heavy atom. The van der Waals surface area contributed by atoms with Gasteiger partial charge >= 0.3 is 18.2 Å². The minimum Gasteiger partial charge on any atom is -0.481 e. The summed E-state index contributed by atoms with van der Waals surface area (Å²) < 4.78 is 40.6. The lowest BCUT2D eigenvalue weighted by atomic mass is 9.71. The molecule has 3 amide bonds. The van der Waals surface area contributed by atoms with E-state index in [4.69, 9.17) is 5.11 Å². The third-order valence-corrected chi connectivity index (χ3v) is 7.29. The third-order valence-electron chi connectivity index (χ3n) is 7.29. The average molecular weight is 548 g/mol. The van der Waals surface area contributed by atoms with Gasteiger partial charge in [-0.25, -0.2) is 4.79 Å². The molecular weight excluding hydrogens is 511 g/mol. The predicted octanol–water partition coefficient (Wildman–Crippen LogP) is 6.55. The first-order valence-electron chi connectivity index (χ1n) is 13.1. The number of rotatable bonds is 8. The quantitative estimate of drug-likeness (QED) is 0.349. The maximum atomic E-state index is 13.5. The summed E-state index contributed by atoms with van der Waals surface area (Å²) in [4.78, 5) is 38.0. The number of amides is 3. The van der Waals surface area contributed by atoms with Crippen molar-refractivity contribution in [3.8, 4) is 0 Å². The highest BCUT2D eigenvalue weighted by Crippen LogP contribution is 2.40. The monoisotopic (exact) mass is 547 g/mol. The number of hydrogen-bond donors (Lipinski definition) is 3. The van der Waals surface area contributed by atoms with E-state index in [2.05, 4.69) is 31.4 Å². The molecule has 0 atom stereocenters. The van der Waals surface area contributed by atoms with Gasteiger partial charge in [0.15, 0.2) is 0 Å². The van der Waals surface area contributed by atoms with Crippen molar-refractivity contribution in [2.24, 2.45) is 11.3 Å². The van der Waals surface area contributed by atoms with Crippen molar-refractivity contribution in [3.05, 3.63) is 65.2 Å². The number of carboxylic acid groups (broad SMARTS) is 1. The standard InChI is InChI=1S/C29H36F3N3O4/c1-28(2,3)21-12-14-22(15-13-21)35(27(39)34-24-7-5-4-6-23(24)29(30,31)32)18-19-8-10-20(11-9-19)26(38)33-17-16-25(36)37/h4-11,21-22H,12-18H2,1-3H3,(H,33,38)(H,34,39)(H,36,37). The van der Waals surface area contributed by atoms with Gasteiger partial charge in [0, 0.05) is 24.7 Å². The number of nitrogens with one attached hydrogen (secondary N) is 2. The van der Waals surface area contributed by atoms with E-state index in [1.165, 1.54) is 18.2 Å². The molecule has 1 aliphatic rings. The summed E-state index contributed by atoms with van der Waals surface area (Å²) in [6.07, 6.45) is -1.51. The van der Waals surface area contributed by atoms with E-state index < -0.39 is 29.6 Å². The summed E-state index contributed by atoms with van der Waals surface area (Å²) in [6, 6.07) is 10.7. The molecule has 1 saturated carbocycles. The Balaban J connectivity index is 1.79. The molecule has 1 aliphatic carbocycles. The second-order valence-corrected chi connectivity index (χ2v) is 11.1. The van der Waals surface area contributed by atoms with Gasteiger partial charge in [0.25, 0.3) is 5.91 Å². The van der Waals surface area contributed by atoms with Gasteiger partial charge in [-0.05, 0) is 66.8 Å². The van der Waals surface area contributed by atoms with Crippen molar-refractivity contribution in [2.45, 2.75) is 71.6 Å². The zero-order valence-corrected chi connectivity index (χ0v) is 22.5. The Kier molecular flexibility index (Phi) is 9.63. The molecule has 0 bridgehead atoms. The van der Waals surface area contributed by atoms with Crippen LogP contribution in [0, 0.1) is 11.3 Å². The third kappa shape index (κ3) is 8.46. The fourth-order valence-electron chi connectivity index (χ4n) is 4.99. The van der Waals surface area contributed by atoms with Crippen LogP contribution >= 0.6 is 0 Å². The lowest BCUT2D eigenvalue weighted by Gasteiger charge is -2.41. The number of para-hydroxylation sites is 1. The number of nitrogens with zero attached hydrogens (tertiary/aromatic N) is 1. The Labute approximate surface area is 226 Å². The van der Waals surface area contributed by atoms with E-state index in [1.54, 1.807) is 29.2 Å². The molecule has 39 heavy (non-hydrogen) atoms. The summed E-state index contributed by atoms with van der Waals surface area (Å²) >= 11 is 0. The molecule has 2 aromatic rings. The van der Waals surface area contributed by atoms with Crippen LogP contribution in [0.3, 0.4) is 0 Å². The fraction of sp³-hybridized carbons (Fsp3) is 0.483. The predicted molar refractivity (Wildman–Crippen MR) is 142 cm³/mol. The van der Waals surface area contributed by atoms with E-state index >= 15 is 0 Å². The largest absolute Gasteiger partial charge is 0.481 e. The number of alkyl halides is 3. The van der Waals surface area contributed by atoms with E-state index in [9.17, 15) is 27.6 Å². The molecule has 0 aliphatic heterocycles. The number of carbonyl (C=O) groups is 3. The Hall–Kier alpha value is -3.56. The Morgan fingerprint density at radius 2 is 1.56 bits per heavy atom. The zero-order chi connectivity index (χ0) is 28.8. The molecule has 1 fully saturated rings. The summed E-state index contributed by atoms with van der Waals surface area (Å²) in [5.41, 5.74) is -0.0196. The molecule has 0 unspecified atom stereocenters. The number of halogens is 3. The zero-order valence-electron chi connectivity index (χ0n) is 22.5. The maximum Gasteiger partial charge on any atom is 0.418 e. The average Bonchev–Trinajstić information content (AvgIpc) is 2.86. The summed E-state index contributed by atoms with van der Waals surface area (Å²) in [5, 5.41) is 13.8. The molecule has 7 nitrogen and oxygen atoms in total. The highest BCUT2D eigenvalue weighted by atomic mass is 19.4. The molecule has 0 heterocycles. The number of urea groups is 1. The van der Waals surface area contributed by atoms with E-state index in [0.717, 1.165) is 31.7 Å². The number of anilines is 1. The first-order valence-corrected chi connectivity index (χ1v) is 13.1. The van der Waals surface area contributed by atoms with Crippen molar-refractivity contribution < 1.29 is 32.7 Å². The molecule has 0 radical (unpaired) electrons. The number of hydrogen-bond acceptors (Lipinski definition) is 3. The van der Waals surface area contributed by atoms with E-state index in [0.29, 0.717) is 17.0 Å². The Morgan fingerprint density at radius 1 is 0.949 bits per heavy atom. The summed E-state index contributed by atoms with van der Waals surface area (Å²) in [7, 11) is 0. The van der Waals surface area contributed by atoms with Crippen molar-refractivity contribution in [1.29, 1.82) is 0 Å². The van der Waals surface area contributed by atoms with Gasteiger partial charge in [-0.1, -0.05) is 45.0 Å². The number of carbonyl (C=O) groups excluding carboxylic acids is 2. The number of aliphatic carboxylic acids is 1. The van der Waals surface area contributed by atoms with Gasteiger partial charge in [0.2, 0.25) is 0 Å². The molecular formula is C29H36F3N3O4. The van der Waals surface area contributed by atoms with Crippen molar-refractivity contribution in [1.82, 2.24) is 10.2 Å². The molecule has 2 aromatic carbocycles. The molecule has 0 aromatic heterocycles. The summed E-state index contributed by atoms with van der Waals surface area (Å²) in [5.74, 6) is -0.941. The lowest BCUT2D eigenvalue weighted by molar-refractivity contribution is -0.137. The molecule has 0 saturated heterocycles. The van der Waals surface area contributed by atoms with Crippen LogP contribution in [0.15, 0.2) is 48.5 Å². The van der Waals surface area contributed by atoms with Crippen molar-refractivity contribution in [2.75, 3.05) is 11.9 Å². The minimum atomic E-state index is -4.61. The SMILES string of the molecule is CC(C)(C)C1CCC(N(Cc2ccc(C(=O)NCCC(=O)O)cc2)C(=O)Nc2ccccc2C(F)(F)F)CC1. The smallest absolute Gasteiger partial charge is 0.418 e. The molecule has 3 N–H and O–H groups in total. The molecule has 3 rings (SSSR count). The first-order chi connectivity index (χ1) is 18.3. The van der Waals surface area contributed by atoms with Crippen LogP contribution < -0.4 is 10.6 Å². The highest BCUT2D eigenvalue weighted by molar-refractivity contribution is 5.94. The normalized spacial score (nSPS) is 17.8. The maximum absolute atomic E-state index is 13.5. The van der Waals surface area contributed by atoms with Crippen LogP contribution in [-0.4, -0.2) is 40.5 Å². The minimum absolute atomic E-state index is 0.000503. The second-order valence-electron chi connectivity index (χ2n) is 11.1. The first kappa shape index (κ1) is 30.0. The number of carboxylic acids is 1. The van der Waals surface area contributed by atoms with Crippen molar-refractivity contribution >= 4 is 23.6 Å². The van der Waals surface area contributed by atoms with Gasteiger partial charge in [-0.3, -0.25) is 9.59 Å². The fourth-order valence-corrected chi connectivity index (χ4v) is 4.99. The van der Waals surface area contributed by atoms with Crippen LogP contribution in [0.1, 0.15) is 74.4 Å². The van der Waals surface area contributed by atoms with Gasteiger partial charge in [-0.2, -0.15) is 13.2 Å². The van der Waals surface area contributed by atoms with Gasteiger partial charge in [0.05, 0.1) is 17.7 Å². The molecule has 0 spiro atoms. The van der Waals surface area contributed by atoms with Crippen LogP contribution in [0.25, 0.3) is 0 Å². The second kappa shape index (κ2) is 12.5. The highest BCUT2D eigenvalue weighted by Gasteiger charge is 2.36. The van der Waals surface area contributed by atoms with Crippen molar-refractivity contribution in [3.63, 3.8) is 0 Å². The summed E-state index contributed by atoms with van der Waals surface area (Å²) in [6.45, 7) is 6.73. The van der Waals surface area contributed by atoms with Crippen LogP contribution in [0.2, 0.25) is 0 Å². The van der Waals surface area contributed by atoms with Gasteiger partial charge < -0.3 is 20.6 Å². The topological polar surface area (TPSA) is 98.7 Å². The Bertz CT molecular complexity index is 1150. The van der Waals surface area contributed by atoms with Crippen LogP contribution in [0.4, 0.5) is 23.7 Å². The lowest BCUT2D eigenvalue weighted by Crippen LogP contribution is -2.45. The molecule has 10 heteroatoms.